The number of hydrogen-bond acceptors (Lipinski definition) is 5. The van der Waals surface area contributed by atoms with E-state index in [0.29, 0.717) is 0 Å². The molecule has 5 rings (SSSR count). The van der Waals surface area contributed by atoms with Gasteiger partial charge in [0, 0.05) is 6.92 Å². The van der Waals surface area contributed by atoms with Crippen molar-refractivity contribution in [1.29, 1.82) is 0 Å². The van der Waals surface area contributed by atoms with Crippen LogP contribution in [-0.4, -0.2) is 48.3 Å². The molecule has 3 aromatic carbocycles. The maximum absolute atomic E-state index is 12.1. The second-order valence-corrected chi connectivity index (χ2v) is 8.45. The van der Waals surface area contributed by atoms with Crippen molar-refractivity contribution in [2.75, 3.05) is 6.61 Å². The van der Waals surface area contributed by atoms with Crippen LogP contribution in [0.15, 0.2) is 91.0 Å². The lowest BCUT2D eigenvalue weighted by Gasteiger charge is -2.45. The largest absolute Gasteiger partial charge is 0.388 e. The maximum atomic E-state index is 12.1. The number of ether oxygens (including phenoxy) is 3. The Kier molecular flexibility index (Phi) is 6.00. The molecule has 0 unspecified atom stereocenters. The summed E-state index contributed by atoms with van der Waals surface area (Å²) in [4.78, 5) is 12.1. The van der Waals surface area contributed by atoms with Crippen LogP contribution in [0.2, 0.25) is 0 Å². The lowest BCUT2D eigenvalue weighted by molar-refractivity contribution is -0.220. The molecule has 170 valence electrons. The lowest BCUT2D eigenvalue weighted by atomic mass is 9.79. The predicted molar refractivity (Wildman–Crippen MR) is 122 cm³/mol. The normalized spacial score (nSPS) is 26.7. The summed E-state index contributed by atoms with van der Waals surface area (Å²) in [6.07, 6.45) is -2.98. The minimum absolute atomic E-state index is 0.247. The van der Waals surface area contributed by atoms with Gasteiger partial charge in [-0.1, -0.05) is 91.0 Å². The molecule has 3 aromatic rings. The van der Waals surface area contributed by atoms with E-state index in [1.165, 1.54) is 6.92 Å². The van der Waals surface area contributed by atoms with Gasteiger partial charge >= 0.3 is 0 Å². The zero-order valence-corrected chi connectivity index (χ0v) is 18.3. The van der Waals surface area contributed by atoms with E-state index in [1.54, 1.807) is 0 Å². The van der Waals surface area contributed by atoms with E-state index in [2.05, 4.69) is 5.32 Å². The van der Waals surface area contributed by atoms with Crippen molar-refractivity contribution in [3.63, 3.8) is 0 Å². The lowest BCUT2D eigenvalue weighted by Crippen LogP contribution is -2.63. The number of carbonyl (C=O) groups is 1. The molecule has 2 heterocycles. The zero-order valence-electron chi connectivity index (χ0n) is 18.3. The molecule has 2 saturated heterocycles. The van der Waals surface area contributed by atoms with Gasteiger partial charge in [-0.2, -0.15) is 0 Å². The van der Waals surface area contributed by atoms with Gasteiger partial charge in [-0.3, -0.25) is 4.79 Å². The molecule has 2 bridgehead atoms. The van der Waals surface area contributed by atoms with Gasteiger partial charge in [0.25, 0.3) is 0 Å². The smallest absolute Gasteiger partial charge is 0.217 e. The van der Waals surface area contributed by atoms with E-state index < -0.39 is 36.2 Å². The Morgan fingerprint density at radius 1 is 0.909 bits per heavy atom. The molecule has 0 spiro atoms. The van der Waals surface area contributed by atoms with Crippen molar-refractivity contribution < 1.29 is 24.1 Å². The Hall–Kier alpha value is -3.03. The number of fused-ring (bicyclic) bond motifs is 2. The molecule has 2 aliphatic heterocycles. The van der Waals surface area contributed by atoms with Gasteiger partial charge in [0.15, 0.2) is 6.29 Å². The van der Waals surface area contributed by atoms with Crippen molar-refractivity contribution in [1.82, 2.24) is 5.32 Å². The molecule has 0 aromatic heterocycles. The van der Waals surface area contributed by atoms with Gasteiger partial charge < -0.3 is 24.6 Å². The van der Waals surface area contributed by atoms with Crippen LogP contribution in [0, 0.1) is 0 Å². The Bertz CT molecular complexity index is 979. The summed E-state index contributed by atoms with van der Waals surface area (Å²) in [6, 6.07) is 29.1. The quantitative estimate of drug-likeness (QED) is 0.571. The van der Waals surface area contributed by atoms with Crippen molar-refractivity contribution >= 4 is 5.91 Å². The topological polar surface area (TPSA) is 77.0 Å². The number of rotatable bonds is 6. The highest BCUT2D eigenvalue weighted by molar-refractivity contribution is 5.73. The first-order valence-corrected chi connectivity index (χ1v) is 11.2. The summed E-state index contributed by atoms with van der Waals surface area (Å²) in [6.45, 7) is 1.68. The second-order valence-electron chi connectivity index (χ2n) is 8.45. The van der Waals surface area contributed by atoms with Gasteiger partial charge in [-0.25, -0.2) is 0 Å². The fourth-order valence-electron chi connectivity index (χ4n) is 4.84. The van der Waals surface area contributed by atoms with Crippen LogP contribution in [0.4, 0.5) is 0 Å². The molecular formula is C27H27NO5. The summed E-state index contributed by atoms with van der Waals surface area (Å²) in [5, 5.41) is 14.2. The van der Waals surface area contributed by atoms with Gasteiger partial charge in [0.1, 0.15) is 30.0 Å². The highest BCUT2D eigenvalue weighted by Gasteiger charge is 2.54. The Labute approximate surface area is 193 Å². The third-order valence-electron chi connectivity index (χ3n) is 6.32. The Morgan fingerprint density at radius 2 is 1.39 bits per heavy atom. The number of amides is 1. The molecule has 5 atom stereocenters. The third kappa shape index (κ3) is 3.96. The van der Waals surface area contributed by atoms with Crippen LogP contribution in [-0.2, 0) is 24.6 Å². The van der Waals surface area contributed by atoms with Crippen molar-refractivity contribution in [2.24, 2.45) is 0 Å². The van der Waals surface area contributed by atoms with Crippen molar-refractivity contribution in [3.05, 3.63) is 108 Å². The third-order valence-corrected chi connectivity index (χ3v) is 6.32. The average molecular weight is 446 g/mol. The summed E-state index contributed by atoms with van der Waals surface area (Å²) < 4.78 is 18.6. The molecule has 2 aliphatic rings. The Balaban J connectivity index is 1.70. The molecule has 1 amide bonds. The average Bonchev–Trinajstić information content (AvgIpc) is 3.31. The summed E-state index contributed by atoms with van der Waals surface area (Å²) in [7, 11) is 0. The molecule has 2 N–H and O–H groups in total. The first-order chi connectivity index (χ1) is 16.1. The number of benzene rings is 3. The number of carbonyl (C=O) groups excluding carboxylic acids is 1. The predicted octanol–water partition coefficient (Wildman–Crippen LogP) is 2.98. The molecule has 6 heteroatoms. The van der Waals surface area contributed by atoms with Crippen molar-refractivity contribution in [3.8, 4) is 0 Å². The van der Waals surface area contributed by atoms with Crippen LogP contribution in [0.3, 0.4) is 0 Å². The van der Waals surface area contributed by atoms with E-state index in [0.717, 1.165) is 16.7 Å². The number of hydrogen-bond donors (Lipinski definition) is 2. The standard InChI is InChI=1S/C27H27NO5/c1-18(29)28-23-25(24(30)22-17-31-26(23)32-22)33-27(19-11-5-2-6-12-19,20-13-7-3-8-14-20)21-15-9-4-10-16-21/h2-16,22-26,30H,17H2,1H3,(H,28,29)/t22-,23-,24-,25-,26-/m1/s1. The maximum Gasteiger partial charge on any atom is 0.217 e. The van der Waals surface area contributed by atoms with Crippen LogP contribution >= 0.6 is 0 Å². The van der Waals surface area contributed by atoms with E-state index >= 15 is 0 Å². The van der Waals surface area contributed by atoms with Crippen LogP contribution in [0.25, 0.3) is 0 Å². The molecule has 2 fully saturated rings. The second kappa shape index (κ2) is 9.08. The van der Waals surface area contributed by atoms with Gasteiger partial charge in [-0.05, 0) is 16.7 Å². The van der Waals surface area contributed by atoms with Crippen LogP contribution < -0.4 is 5.32 Å². The van der Waals surface area contributed by atoms with Gasteiger partial charge in [0.05, 0.1) is 6.61 Å². The van der Waals surface area contributed by atoms with E-state index in [4.69, 9.17) is 14.2 Å². The highest BCUT2D eigenvalue weighted by atomic mass is 16.7. The summed E-state index contributed by atoms with van der Waals surface area (Å²) >= 11 is 0. The van der Waals surface area contributed by atoms with Crippen LogP contribution in [0.1, 0.15) is 23.6 Å². The minimum atomic E-state index is -1.04. The summed E-state index contributed by atoms with van der Waals surface area (Å²) in [5.74, 6) is -0.247. The number of aliphatic hydroxyl groups is 1. The van der Waals surface area contributed by atoms with Crippen LogP contribution in [0.5, 0.6) is 0 Å². The van der Waals surface area contributed by atoms with Crippen molar-refractivity contribution in [2.45, 2.75) is 43.2 Å². The molecular weight excluding hydrogens is 418 g/mol. The molecule has 0 aliphatic carbocycles. The number of aliphatic hydroxyl groups excluding tert-OH is 1. The van der Waals surface area contributed by atoms with E-state index in [9.17, 15) is 9.90 Å². The zero-order chi connectivity index (χ0) is 22.8. The molecule has 6 nitrogen and oxygen atoms in total. The highest BCUT2D eigenvalue weighted by Crippen LogP contribution is 2.44. The fraction of sp³-hybridized carbons (Fsp3) is 0.296. The Morgan fingerprint density at radius 3 is 1.85 bits per heavy atom. The molecule has 0 saturated carbocycles. The first kappa shape index (κ1) is 21.8. The van der Waals surface area contributed by atoms with E-state index in [1.807, 2.05) is 91.0 Å². The summed E-state index contributed by atoms with van der Waals surface area (Å²) in [5.41, 5.74) is 1.70. The molecule has 0 radical (unpaired) electrons. The van der Waals surface area contributed by atoms with E-state index in [-0.39, 0.29) is 12.5 Å². The SMILES string of the molecule is CC(=O)N[C@H]1[C@@H]2OC[C@@H](O2)[C@@H](O)[C@@H]1OC(c1ccccc1)(c1ccccc1)c1ccccc1. The number of nitrogens with one attached hydrogen (secondary N) is 1. The molecule has 33 heavy (non-hydrogen) atoms. The van der Waals surface area contributed by atoms with Gasteiger partial charge in [0.2, 0.25) is 5.91 Å². The fourth-order valence-corrected chi connectivity index (χ4v) is 4.84. The monoisotopic (exact) mass is 445 g/mol. The minimum Gasteiger partial charge on any atom is -0.388 e. The first-order valence-electron chi connectivity index (χ1n) is 11.2. The van der Waals surface area contributed by atoms with Gasteiger partial charge in [-0.15, -0.1) is 0 Å².